The van der Waals surface area contributed by atoms with Crippen LogP contribution in [0.1, 0.15) is 38.2 Å². The van der Waals surface area contributed by atoms with Crippen LogP contribution in [0.5, 0.6) is 0 Å². The molecule has 2 amide bonds. The van der Waals surface area contributed by atoms with Crippen molar-refractivity contribution in [2.75, 3.05) is 10.6 Å². The maximum atomic E-state index is 13.1. The maximum absolute atomic E-state index is 13.1. The van der Waals surface area contributed by atoms with Gasteiger partial charge in [0.25, 0.3) is 0 Å². The van der Waals surface area contributed by atoms with Crippen LogP contribution in [0.3, 0.4) is 0 Å². The molecule has 3 rings (SSSR count). The van der Waals surface area contributed by atoms with Gasteiger partial charge in [0.15, 0.2) is 0 Å². The number of hydrogen-bond donors (Lipinski definition) is 2. The van der Waals surface area contributed by atoms with Gasteiger partial charge in [0.2, 0.25) is 11.8 Å². The van der Waals surface area contributed by atoms with E-state index in [1.165, 1.54) is 0 Å². The number of amides is 2. The Morgan fingerprint density at radius 1 is 1.08 bits per heavy atom. The van der Waals surface area contributed by atoms with E-state index in [0.29, 0.717) is 27.8 Å². The quantitative estimate of drug-likeness (QED) is 0.717. The van der Waals surface area contributed by atoms with E-state index in [2.05, 4.69) is 10.6 Å². The van der Waals surface area contributed by atoms with Gasteiger partial charge >= 0.3 is 0 Å². The van der Waals surface area contributed by atoms with E-state index in [-0.39, 0.29) is 11.8 Å². The van der Waals surface area contributed by atoms with Crippen LogP contribution in [0.2, 0.25) is 10.0 Å². The summed E-state index contributed by atoms with van der Waals surface area (Å²) in [6, 6.07) is 12.5. The molecule has 26 heavy (non-hydrogen) atoms. The molecule has 2 aromatic carbocycles. The van der Waals surface area contributed by atoms with Gasteiger partial charge < -0.3 is 10.6 Å². The first-order valence-electron chi connectivity index (χ1n) is 8.61. The Kier molecular flexibility index (Phi) is 5.54. The predicted octanol–water partition coefficient (Wildman–Crippen LogP) is 5.40. The van der Waals surface area contributed by atoms with Crippen molar-refractivity contribution < 1.29 is 9.59 Å². The Morgan fingerprint density at radius 3 is 2.46 bits per heavy atom. The standard InChI is InChI=1S/C20H20Cl2N2O2/c1-2-18(25)23-15-7-8-16(22)17(12-15)24-19(26)20(9-4-10-20)13-5-3-6-14(21)11-13/h3,5-8,11-12H,2,4,9-10H2,1H3,(H,23,25)(H,24,26). The van der Waals surface area contributed by atoms with Crippen molar-refractivity contribution in [3.8, 4) is 0 Å². The summed E-state index contributed by atoms with van der Waals surface area (Å²) in [4.78, 5) is 24.7. The van der Waals surface area contributed by atoms with Crippen molar-refractivity contribution in [1.82, 2.24) is 0 Å². The Hall–Kier alpha value is -2.04. The molecular formula is C20H20Cl2N2O2. The highest BCUT2D eigenvalue weighted by Gasteiger charge is 2.45. The minimum Gasteiger partial charge on any atom is -0.326 e. The summed E-state index contributed by atoms with van der Waals surface area (Å²) < 4.78 is 0. The second-order valence-corrected chi connectivity index (χ2v) is 7.34. The van der Waals surface area contributed by atoms with Crippen LogP contribution in [0.15, 0.2) is 42.5 Å². The number of nitrogens with one attached hydrogen (secondary N) is 2. The molecule has 1 fully saturated rings. The van der Waals surface area contributed by atoms with Crippen molar-refractivity contribution >= 4 is 46.4 Å². The number of carbonyl (C=O) groups is 2. The zero-order valence-corrected chi connectivity index (χ0v) is 16.0. The summed E-state index contributed by atoms with van der Waals surface area (Å²) >= 11 is 12.4. The molecule has 0 heterocycles. The highest BCUT2D eigenvalue weighted by atomic mass is 35.5. The normalized spacial score (nSPS) is 15.0. The molecule has 0 saturated heterocycles. The fourth-order valence-electron chi connectivity index (χ4n) is 3.15. The molecule has 0 unspecified atom stereocenters. The summed E-state index contributed by atoms with van der Waals surface area (Å²) in [5, 5.41) is 6.75. The van der Waals surface area contributed by atoms with Gasteiger partial charge in [-0.05, 0) is 48.7 Å². The van der Waals surface area contributed by atoms with E-state index >= 15 is 0 Å². The molecule has 0 aromatic heterocycles. The molecule has 136 valence electrons. The lowest BCUT2D eigenvalue weighted by molar-refractivity contribution is -0.124. The Labute approximate surface area is 162 Å². The molecule has 2 N–H and O–H groups in total. The van der Waals surface area contributed by atoms with Crippen LogP contribution >= 0.6 is 23.2 Å². The number of halogens is 2. The van der Waals surface area contributed by atoms with Gasteiger partial charge in [-0.2, -0.15) is 0 Å². The van der Waals surface area contributed by atoms with Crippen molar-refractivity contribution in [3.05, 3.63) is 58.1 Å². The van der Waals surface area contributed by atoms with Gasteiger partial charge in [-0.3, -0.25) is 9.59 Å². The zero-order valence-electron chi connectivity index (χ0n) is 14.4. The molecule has 1 aliphatic rings. The van der Waals surface area contributed by atoms with Crippen molar-refractivity contribution in [3.63, 3.8) is 0 Å². The van der Waals surface area contributed by atoms with Crippen molar-refractivity contribution in [2.24, 2.45) is 0 Å². The predicted molar refractivity (Wildman–Crippen MR) is 106 cm³/mol. The second kappa shape index (κ2) is 7.68. The highest BCUT2D eigenvalue weighted by molar-refractivity contribution is 6.34. The number of anilines is 2. The molecule has 1 aliphatic carbocycles. The molecule has 4 nitrogen and oxygen atoms in total. The third-order valence-electron chi connectivity index (χ3n) is 4.84. The zero-order chi connectivity index (χ0) is 18.7. The van der Waals surface area contributed by atoms with Crippen LogP contribution in [0.25, 0.3) is 0 Å². The minimum atomic E-state index is -0.586. The van der Waals surface area contributed by atoms with Gasteiger partial charge in [-0.1, -0.05) is 48.7 Å². The van der Waals surface area contributed by atoms with E-state index in [9.17, 15) is 9.59 Å². The van der Waals surface area contributed by atoms with Gasteiger partial charge in [-0.15, -0.1) is 0 Å². The van der Waals surface area contributed by atoms with Crippen molar-refractivity contribution in [2.45, 2.75) is 38.0 Å². The van der Waals surface area contributed by atoms with Crippen LogP contribution in [-0.4, -0.2) is 11.8 Å². The van der Waals surface area contributed by atoms with E-state index in [4.69, 9.17) is 23.2 Å². The largest absolute Gasteiger partial charge is 0.326 e. The summed E-state index contributed by atoms with van der Waals surface area (Å²) in [7, 11) is 0. The fraction of sp³-hybridized carbons (Fsp3) is 0.300. The molecule has 0 aliphatic heterocycles. The second-order valence-electron chi connectivity index (χ2n) is 6.50. The SMILES string of the molecule is CCC(=O)Nc1ccc(Cl)c(NC(=O)C2(c3cccc(Cl)c3)CCC2)c1. The first kappa shape index (κ1) is 18.7. The highest BCUT2D eigenvalue weighted by Crippen LogP contribution is 2.45. The number of benzene rings is 2. The molecule has 0 spiro atoms. The lowest BCUT2D eigenvalue weighted by Gasteiger charge is -2.40. The van der Waals surface area contributed by atoms with Gasteiger partial charge in [-0.25, -0.2) is 0 Å². The van der Waals surface area contributed by atoms with Crippen LogP contribution in [0.4, 0.5) is 11.4 Å². The van der Waals surface area contributed by atoms with Crippen LogP contribution in [0, 0.1) is 0 Å². The molecule has 0 atom stereocenters. The summed E-state index contributed by atoms with van der Waals surface area (Å²) in [5.74, 6) is -0.203. The lowest BCUT2D eigenvalue weighted by Crippen LogP contribution is -2.46. The average Bonchev–Trinajstić information content (AvgIpc) is 2.57. The van der Waals surface area contributed by atoms with Crippen molar-refractivity contribution in [1.29, 1.82) is 0 Å². The van der Waals surface area contributed by atoms with E-state index in [0.717, 1.165) is 24.8 Å². The van der Waals surface area contributed by atoms with E-state index in [1.807, 2.05) is 18.2 Å². The smallest absolute Gasteiger partial charge is 0.235 e. The third-order valence-corrected chi connectivity index (χ3v) is 5.40. The van der Waals surface area contributed by atoms with Crippen LogP contribution in [-0.2, 0) is 15.0 Å². The Bertz CT molecular complexity index is 847. The van der Waals surface area contributed by atoms with Crippen LogP contribution < -0.4 is 10.6 Å². The molecule has 0 radical (unpaired) electrons. The molecule has 6 heteroatoms. The number of rotatable bonds is 5. The summed E-state index contributed by atoms with van der Waals surface area (Å²) in [6.45, 7) is 1.78. The summed E-state index contributed by atoms with van der Waals surface area (Å²) in [5.41, 5.74) is 1.41. The first-order valence-corrected chi connectivity index (χ1v) is 9.37. The first-order chi connectivity index (χ1) is 12.4. The molecular weight excluding hydrogens is 371 g/mol. The van der Waals surface area contributed by atoms with Gasteiger partial charge in [0.1, 0.15) is 0 Å². The summed E-state index contributed by atoms with van der Waals surface area (Å²) in [6.07, 6.45) is 2.90. The maximum Gasteiger partial charge on any atom is 0.235 e. The lowest BCUT2D eigenvalue weighted by atomic mass is 9.64. The topological polar surface area (TPSA) is 58.2 Å². The number of carbonyl (C=O) groups excluding carboxylic acids is 2. The third kappa shape index (κ3) is 3.71. The molecule has 2 aromatic rings. The van der Waals surface area contributed by atoms with E-state index < -0.39 is 5.41 Å². The van der Waals surface area contributed by atoms with Gasteiger partial charge in [0, 0.05) is 17.1 Å². The molecule has 1 saturated carbocycles. The average molecular weight is 391 g/mol. The Balaban J connectivity index is 1.85. The number of hydrogen-bond acceptors (Lipinski definition) is 2. The van der Waals surface area contributed by atoms with Gasteiger partial charge in [0.05, 0.1) is 16.1 Å². The minimum absolute atomic E-state index is 0.0982. The van der Waals surface area contributed by atoms with E-state index in [1.54, 1.807) is 31.2 Å². The fourth-order valence-corrected chi connectivity index (χ4v) is 3.51. The molecule has 0 bridgehead atoms. The Morgan fingerprint density at radius 2 is 1.85 bits per heavy atom. The monoisotopic (exact) mass is 390 g/mol.